The van der Waals surface area contributed by atoms with Gasteiger partial charge in [-0.05, 0) is 65.6 Å². The summed E-state index contributed by atoms with van der Waals surface area (Å²) in [6, 6.07) is 24.1. The first-order chi connectivity index (χ1) is 17.5. The zero-order chi connectivity index (χ0) is 25.5. The zero-order valence-electron chi connectivity index (χ0n) is 20.4. The number of anilines is 1. The van der Waals surface area contributed by atoms with Gasteiger partial charge in [0.1, 0.15) is 0 Å². The molecule has 0 fully saturated rings. The molecule has 36 heavy (non-hydrogen) atoms. The predicted molar refractivity (Wildman–Crippen MR) is 142 cm³/mol. The maximum absolute atomic E-state index is 12.9. The SMILES string of the molecule is COc1cc(/C=N\NC(=O)CNc2c(C)cccc2C)ccc1OC(=O)c1cccc2ccccc12. The quantitative estimate of drug-likeness (QED) is 0.155. The van der Waals surface area contributed by atoms with Crippen molar-refractivity contribution in [3.05, 3.63) is 101 Å². The molecule has 2 N–H and O–H groups in total. The average molecular weight is 482 g/mol. The van der Waals surface area contributed by atoms with E-state index in [0.717, 1.165) is 27.6 Å². The second-order valence-electron chi connectivity index (χ2n) is 8.24. The second kappa shape index (κ2) is 11.2. The summed E-state index contributed by atoms with van der Waals surface area (Å²) in [5, 5.41) is 8.93. The molecule has 0 saturated heterocycles. The highest BCUT2D eigenvalue weighted by molar-refractivity contribution is 6.05. The first-order valence-corrected chi connectivity index (χ1v) is 11.5. The van der Waals surface area contributed by atoms with Crippen LogP contribution in [0.25, 0.3) is 10.8 Å². The van der Waals surface area contributed by atoms with Crippen LogP contribution in [0.5, 0.6) is 11.5 Å². The number of fused-ring (bicyclic) bond motifs is 1. The standard InChI is InChI=1S/C29H27N3O4/c1-19-8-6-9-20(2)28(19)30-18-27(33)32-31-17-21-14-15-25(26(16-21)35-3)36-29(34)24-13-7-11-22-10-4-5-12-23(22)24/h4-17,30H,18H2,1-3H3,(H,32,33)/b31-17-. The average Bonchev–Trinajstić information content (AvgIpc) is 2.88. The van der Waals surface area contributed by atoms with Gasteiger partial charge in [0.15, 0.2) is 11.5 Å². The van der Waals surface area contributed by atoms with Crippen molar-refractivity contribution in [1.82, 2.24) is 5.43 Å². The Bertz CT molecular complexity index is 1420. The van der Waals surface area contributed by atoms with E-state index in [1.54, 1.807) is 24.3 Å². The molecule has 0 saturated carbocycles. The van der Waals surface area contributed by atoms with Crippen molar-refractivity contribution in [3.8, 4) is 11.5 Å². The molecule has 0 aliphatic rings. The third kappa shape index (κ3) is 5.70. The number of aryl methyl sites for hydroxylation is 2. The van der Waals surface area contributed by atoms with Crippen LogP contribution in [0.2, 0.25) is 0 Å². The third-order valence-electron chi connectivity index (χ3n) is 5.71. The Morgan fingerprint density at radius 3 is 2.39 bits per heavy atom. The monoisotopic (exact) mass is 481 g/mol. The lowest BCUT2D eigenvalue weighted by molar-refractivity contribution is -0.119. The van der Waals surface area contributed by atoms with Gasteiger partial charge in [0.25, 0.3) is 5.91 Å². The van der Waals surface area contributed by atoms with Crippen molar-refractivity contribution < 1.29 is 19.1 Å². The number of rotatable bonds is 8. The number of ether oxygens (including phenoxy) is 2. The fraction of sp³-hybridized carbons (Fsp3) is 0.138. The van der Waals surface area contributed by atoms with Gasteiger partial charge < -0.3 is 14.8 Å². The highest BCUT2D eigenvalue weighted by Crippen LogP contribution is 2.29. The van der Waals surface area contributed by atoms with Crippen molar-refractivity contribution >= 4 is 34.6 Å². The molecular formula is C29H27N3O4. The van der Waals surface area contributed by atoms with Gasteiger partial charge in [-0.1, -0.05) is 54.6 Å². The van der Waals surface area contributed by atoms with Crippen LogP contribution in [0, 0.1) is 13.8 Å². The third-order valence-corrected chi connectivity index (χ3v) is 5.71. The minimum Gasteiger partial charge on any atom is -0.493 e. The normalized spacial score (nSPS) is 10.9. The summed E-state index contributed by atoms with van der Waals surface area (Å²) in [5.41, 5.74) is 6.72. The Hall–Kier alpha value is -4.65. The number of esters is 1. The molecule has 0 atom stereocenters. The molecule has 4 aromatic carbocycles. The van der Waals surface area contributed by atoms with Crippen LogP contribution >= 0.6 is 0 Å². The number of hydrogen-bond donors (Lipinski definition) is 2. The fourth-order valence-electron chi connectivity index (χ4n) is 3.89. The van der Waals surface area contributed by atoms with Gasteiger partial charge in [-0.25, -0.2) is 10.2 Å². The van der Waals surface area contributed by atoms with E-state index in [1.165, 1.54) is 13.3 Å². The van der Waals surface area contributed by atoms with E-state index in [9.17, 15) is 9.59 Å². The molecule has 0 heterocycles. The van der Waals surface area contributed by atoms with Gasteiger partial charge in [0, 0.05) is 5.69 Å². The van der Waals surface area contributed by atoms with Gasteiger partial charge in [-0.2, -0.15) is 5.10 Å². The lowest BCUT2D eigenvalue weighted by Crippen LogP contribution is -2.26. The minimum absolute atomic E-state index is 0.0927. The molecule has 0 aliphatic carbocycles. The molecule has 0 aromatic heterocycles. The minimum atomic E-state index is -0.477. The van der Waals surface area contributed by atoms with Crippen LogP contribution in [0.1, 0.15) is 27.0 Å². The van der Waals surface area contributed by atoms with Crippen LogP contribution in [0.4, 0.5) is 5.69 Å². The molecule has 0 spiro atoms. The summed E-state index contributed by atoms with van der Waals surface area (Å²) < 4.78 is 11.0. The fourth-order valence-corrected chi connectivity index (χ4v) is 3.89. The summed E-state index contributed by atoms with van der Waals surface area (Å²) in [7, 11) is 1.49. The van der Waals surface area contributed by atoms with Crippen LogP contribution in [0.3, 0.4) is 0 Å². The van der Waals surface area contributed by atoms with Gasteiger partial charge in [-0.3, -0.25) is 4.79 Å². The van der Waals surface area contributed by atoms with Crippen molar-refractivity contribution in [2.45, 2.75) is 13.8 Å². The summed E-state index contributed by atoms with van der Waals surface area (Å²) in [4.78, 5) is 25.1. The number of nitrogens with zero attached hydrogens (tertiary/aromatic N) is 1. The molecule has 0 aliphatic heterocycles. The topological polar surface area (TPSA) is 89.0 Å². The van der Waals surface area contributed by atoms with Gasteiger partial charge in [0.2, 0.25) is 0 Å². The van der Waals surface area contributed by atoms with E-state index in [0.29, 0.717) is 16.9 Å². The number of benzene rings is 4. The van der Waals surface area contributed by atoms with Crippen LogP contribution in [-0.2, 0) is 4.79 Å². The molecule has 0 unspecified atom stereocenters. The maximum Gasteiger partial charge on any atom is 0.344 e. The molecule has 7 nitrogen and oxygen atoms in total. The molecule has 0 bridgehead atoms. The Balaban J connectivity index is 1.39. The number of nitrogens with one attached hydrogen (secondary N) is 2. The Morgan fingerprint density at radius 2 is 1.61 bits per heavy atom. The van der Waals surface area contributed by atoms with Gasteiger partial charge in [0.05, 0.1) is 25.4 Å². The van der Waals surface area contributed by atoms with Crippen molar-refractivity contribution in [2.24, 2.45) is 5.10 Å². The maximum atomic E-state index is 12.9. The van der Waals surface area contributed by atoms with Gasteiger partial charge >= 0.3 is 5.97 Å². The summed E-state index contributed by atoms with van der Waals surface area (Å²) in [5.74, 6) is -0.0957. The van der Waals surface area contributed by atoms with Crippen LogP contribution in [-0.4, -0.2) is 31.7 Å². The van der Waals surface area contributed by atoms with Crippen molar-refractivity contribution in [2.75, 3.05) is 19.0 Å². The van der Waals surface area contributed by atoms with E-state index in [4.69, 9.17) is 9.47 Å². The molecule has 7 heteroatoms. The van der Waals surface area contributed by atoms with E-state index < -0.39 is 5.97 Å². The van der Waals surface area contributed by atoms with E-state index in [2.05, 4.69) is 15.8 Å². The number of carbonyl (C=O) groups is 2. The van der Waals surface area contributed by atoms with Crippen LogP contribution in [0.15, 0.2) is 84.0 Å². The Kier molecular flexibility index (Phi) is 7.60. The summed E-state index contributed by atoms with van der Waals surface area (Å²) >= 11 is 0. The van der Waals surface area contributed by atoms with Crippen LogP contribution < -0.4 is 20.2 Å². The second-order valence-corrected chi connectivity index (χ2v) is 8.24. The lowest BCUT2D eigenvalue weighted by Gasteiger charge is -2.12. The highest BCUT2D eigenvalue weighted by atomic mass is 16.6. The number of hydrogen-bond acceptors (Lipinski definition) is 6. The first-order valence-electron chi connectivity index (χ1n) is 11.5. The summed E-state index contributed by atoms with van der Waals surface area (Å²) in [6.07, 6.45) is 1.50. The number of amides is 1. The van der Waals surface area contributed by atoms with E-state index in [-0.39, 0.29) is 18.2 Å². The Morgan fingerprint density at radius 1 is 0.889 bits per heavy atom. The molecule has 1 amide bonds. The zero-order valence-corrected chi connectivity index (χ0v) is 20.4. The van der Waals surface area contributed by atoms with Gasteiger partial charge in [-0.15, -0.1) is 0 Å². The number of methoxy groups -OCH3 is 1. The lowest BCUT2D eigenvalue weighted by atomic mass is 10.0. The number of carbonyl (C=O) groups excluding carboxylic acids is 2. The molecule has 4 aromatic rings. The molecule has 4 rings (SSSR count). The largest absolute Gasteiger partial charge is 0.493 e. The molecule has 182 valence electrons. The van der Waals surface area contributed by atoms with Crippen molar-refractivity contribution in [3.63, 3.8) is 0 Å². The van der Waals surface area contributed by atoms with E-state index >= 15 is 0 Å². The predicted octanol–water partition coefficient (Wildman–Crippen LogP) is 5.25. The summed E-state index contributed by atoms with van der Waals surface area (Å²) in [6.45, 7) is 4.07. The molecule has 0 radical (unpaired) electrons. The first kappa shape index (κ1) is 24.5. The molecular weight excluding hydrogens is 454 g/mol. The number of hydrazone groups is 1. The van der Waals surface area contributed by atoms with Crippen molar-refractivity contribution in [1.29, 1.82) is 0 Å². The smallest absolute Gasteiger partial charge is 0.344 e. The van der Waals surface area contributed by atoms with E-state index in [1.807, 2.05) is 68.4 Å². The number of para-hydroxylation sites is 1. The highest BCUT2D eigenvalue weighted by Gasteiger charge is 2.15. The Labute approximate surface area is 209 Å².